The quantitative estimate of drug-likeness (QED) is 0.926. The molecule has 1 aliphatic rings. The summed E-state index contributed by atoms with van der Waals surface area (Å²) in [6, 6.07) is 6.65. The van der Waals surface area contributed by atoms with E-state index < -0.39 is 0 Å². The summed E-state index contributed by atoms with van der Waals surface area (Å²) in [4.78, 5) is 18.6. The summed E-state index contributed by atoms with van der Waals surface area (Å²) >= 11 is 1.32. The molecule has 1 aromatic heterocycles. The van der Waals surface area contributed by atoms with Crippen LogP contribution in [0.3, 0.4) is 0 Å². The van der Waals surface area contributed by atoms with Crippen LogP contribution in [-0.2, 0) is 6.54 Å². The van der Waals surface area contributed by atoms with Crippen LogP contribution in [0.15, 0.2) is 23.0 Å². The average molecular weight is 332 g/mol. The Morgan fingerprint density at radius 2 is 2.22 bits per heavy atom. The zero-order valence-corrected chi connectivity index (χ0v) is 14.8. The van der Waals surface area contributed by atoms with Gasteiger partial charge < -0.3 is 9.72 Å². The van der Waals surface area contributed by atoms with Crippen LogP contribution in [0.25, 0.3) is 11.3 Å². The molecule has 0 amide bonds. The second-order valence-corrected chi connectivity index (χ2v) is 7.40. The zero-order valence-electron chi connectivity index (χ0n) is 14.0. The number of hydrogen-bond acceptors (Lipinski definition) is 4. The van der Waals surface area contributed by atoms with Crippen molar-refractivity contribution in [3.8, 4) is 17.0 Å². The zero-order chi connectivity index (χ0) is 16.4. The minimum absolute atomic E-state index is 0.00298. The van der Waals surface area contributed by atoms with Crippen LogP contribution in [0.2, 0.25) is 0 Å². The molecular weight excluding hydrogens is 308 g/mol. The molecular formula is C18H24N2O2S. The summed E-state index contributed by atoms with van der Waals surface area (Å²) in [5.41, 5.74) is 3.05. The van der Waals surface area contributed by atoms with E-state index in [1.54, 1.807) is 7.11 Å². The fourth-order valence-corrected chi connectivity index (χ4v) is 4.15. The number of nitrogens with zero attached hydrogens (tertiary/aromatic N) is 1. The second kappa shape index (κ2) is 6.89. The van der Waals surface area contributed by atoms with Crippen molar-refractivity contribution >= 4 is 11.3 Å². The Labute approximate surface area is 141 Å². The van der Waals surface area contributed by atoms with Crippen LogP contribution in [0.1, 0.15) is 36.6 Å². The van der Waals surface area contributed by atoms with Crippen molar-refractivity contribution in [2.45, 2.75) is 45.7 Å². The largest absolute Gasteiger partial charge is 0.496 e. The Morgan fingerprint density at radius 1 is 1.39 bits per heavy atom. The highest BCUT2D eigenvalue weighted by atomic mass is 32.1. The van der Waals surface area contributed by atoms with Gasteiger partial charge in [0.25, 0.3) is 0 Å². The molecule has 1 atom stereocenters. The first-order valence-electron chi connectivity index (χ1n) is 8.19. The second-order valence-electron chi connectivity index (χ2n) is 6.33. The molecule has 1 unspecified atom stereocenters. The molecule has 1 saturated heterocycles. The molecule has 3 rings (SSSR count). The van der Waals surface area contributed by atoms with E-state index in [4.69, 9.17) is 4.74 Å². The smallest absolute Gasteiger partial charge is 0.305 e. The minimum Gasteiger partial charge on any atom is -0.496 e. The van der Waals surface area contributed by atoms with E-state index in [1.807, 2.05) is 12.1 Å². The summed E-state index contributed by atoms with van der Waals surface area (Å²) in [7, 11) is 1.67. The summed E-state index contributed by atoms with van der Waals surface area (Å²) in [5.74, 6) is 0.803. The SMILES string of the molecule is COc1ccc(C)cc1-c1[nH]c(=O)sc1CN1CCCCC1C. The number of hydrogen-bond donors (Lipinski definition) is 1. The number of benzene rings is 1. The first-order valence-corrected chi connectivity index (χ1v) is 9.01. The van der Waals surface area contributed by atoms with Crippen molar-refractivity contribution in [2.24, 2.45) is 0 Å². The van der Waals surface area contributed by atoms with Crippen molar-refractivity contribution in [2.75, 3.05) is 13.7 Å². The summed E-state index contributed by atoms with van der Waals surface area (Å²) in [5, 5.41) is 0. The van der Waals surface area contributed by atoms with Gasteiger partial charge in [-0.2, -0.15) is 0 Å². The van der Waals surface area contributed by atoms with Crippen molar-refractivity contribution in [1.82, 2.24) is 9.88 Å². The third-order valence-corrected chi connectivity index (χ3v) is 5.50. The number of piperidine rings is 1. The van der Waals surface area contributed by atoms with Gasteiger partial charge in [-0.15, -0.1) is 0 Å². The monoisotopic (exact) mass is 332 g/mol. The van der Waals surface area contributed by atoms with E-state index in [2.05, 4.69) is 29.8 Å². The van der Waals surface area contributed by atoms with Crippen molar-refractivity contribution in [1.29, 1.82) is 0 Å². The highest BCUT2D eigenvalue weighted by Gasteiger charge is 2.22. The molecule has 0 bridgehead atoms. The Balaban J connectivity index is 1.98. The van der Waals surface area contributed by atoms with Crippen LogP contribution in [-0.4, -0.2) is 29.6 Å². The Morgan fingerprint density at radius 3 is 2.96 bits per heavy atom. The highest BCUT2D eigenvalue weighted by molar-refractivity contribution is 7.09. The minimum atomic E-state index is 0.00298. The number of thiazole rings is 1. The van der Waals surface area contributed by atoms with Gasteiger partial charge in [0.05, 0.1) is 12.8 Å². The van der Waals surface area contributed by atoms with Crippen molar-refractivity contribution < 1.29 is 4.74 Å². The summed E-state index contributed by atoms with van der Waals surface area (Å²) in [6.07, 6.45) is 3.79. The molecule has 4 nitrogen and oxygen atoms in total. The molecule has 0 spiro atoms. The van der Waals surface area contributed by atoms with Gasteiger partial charge in [0.15, 0.2) is 0 Å². The van der Waals surface area contributed by atoms with Crippen LogP contribution < -0.4 is 9.61 Å². The molecule has 0 aliphatic carbocycles. The number of aryl methyl sites for hydroxylation is 1. The third-order valence-electron chi connectivity index (χ3n) is 4.63. The first-order chi connectivity index (χ1) is 11.1. The van der Waals surface area contributed by atoms with E-state index in [9.17, 15) is 4.79 Å². The summed E-state index contributed by atoms with van der Waals surface area (Å²) in [6.45, 7) is 6.27. The number of H-pyrrole nitrogens is 1. The lowest BCUT2D eigenvalue weighted by Gasteiger charge is -2.33. The maximum Gasteiger partial charge on any atom is 0.305 e. The van der Waals surface area contributed by atoms with Crippen LogP contribution in [0.5, 0.6) is 5.75 Å². The molecule has 1 aromatic carbocycles. The number of nitrogens with one attached hydrogen (secondary N) is 1. The number of aromatic amines is 1. The lowest BCUT2D eigenvalue weighted by atomic mass is 10.0. The lowest BCUT2D eigenvalue weighted by molar-refractivity contribution is 0.154. The van der Waals surface area contributed by atoms with Gasteiger partial charge in [0.1, 0.15) is 5.75 Å². The number of aromatic nitrogens is 1. The number of methoxy groups -OCH3 is 1. The lowest BCUT2D eigenvalue weighted by Crippen LogP contribution is -2.36. The number of ether oxygens (including phenoxy) is 1. The molecule has 124 valence electrons. The van der Waals surface area contributed by atoms with E-state index >= 15 is 0 Å². The first kappa shape index (κ1) is 16.3. The Hall–Kier alpha value is -1.59. The molecule has 1 fully saturated rings. The van der Waals surface area contributed by atoms with E-state index in [0.29, 0.717) is 6.04 Å². The molecule has 2 heterocycles. The molecule has 5 heteroatoms. The molecule has 23 heavy (non-hydrogen) atoms. The van der Waals surface area contributed by atoms with Gasteiger partial charge >= 0.3 is 4.87 Å². The molecule has 0 radical (unpaired) electrons. The standard InChI is InChI=1S/C18H24N2O2S/c1-12-7-8-15(22-3)14(10-12)17-16(23-18(21)19-17)11-20-9-5-4-6-13(20)2/h7-8,10,13H,4-6,9,11H2,1-3H3,(H,19,21). The van der Waals surface area contributed by atoms with Crippen LogP contribution >= 0.6 is 11.3 Å². The molecule has 1 aliphatic heterocycles. The average Bonchev–Trinajstić information content (AvgIpc) is 2.90. The fourth-order valence-electron chi connectivity index (χ4n) is 3.28. The number of rotatable bonds is 4. The topological polar surface area (TPSA) is 45.3 Å². The van der Waals surface area contributed by atoms with Gasteiger partial charge in [-0.05, 0) is 45.4 Å². The van der Waals surface area contributed by atoms with Gasteiger partial charge in [-0.3, -0.25) is 9.69 Å². The maximum absolute atomic E-state index is 12.0. The van der Waals surface area contributed by atoms with Crippen LogP contribution in [0, 0.1) is 6.92 Å². The van der Waals surface area contributed by atoms with Crippen molar-refractivity contribution in [3.05, 3.63) is 38.3 Å². The highest BCUT2D eigenvalue weighted by Crippen LogP contribution is 2.34. The Bertz CT molecular complexity index is 735. The summed E-state index contributed by atoms with van der Waals surface area (Å²) < 4.78 is 5.50. The van der Waals surface area contributed by atoms with E-state index in [-0.39, 0.29) is 4.87 Å². The van der Waals surface area contributed by atoms with Gasteiger partial charge in [-0.25, -0.2) is 0 Å². The maximum atomic E-state index is 12.0. The molecule has 0 saturated carbocycles. The predicted molar refractivity (Wildman–Crippen MR) is 95.4 cm³/mol. The molecule has 1 N–H and O–H groups in total. The van der Waals surface area contributed by atoms with E-state index in [0.717, 1.165) is 40.5 Å². The number of likely N-dealkylation sites (tertiary alicyclic amines) is 1. The van der Waals surface area contributed by atoms with Gasteiger partial charge in [0.2, 0.25) is 0 Å². The van der Waals surface area contributed by atoms with Crippen LogP contribution in [0.4, 0.5) is 0 Å². The Kier molecular flexibility index (Phi) is 4.87. The van der Waals surface area contributed by atoms with Crippen molar-refractivity contribution in [3.63, 3.8) is 0 Å². The fraction of sp³-hybridized carbons (Fsp3) is 0.500. The van der Waals surface area contributed by atoms with Gasteiger partial charge in [0, 0.05) is 23.0 Å². The normalized spacial score (nSPS) is 19.0. The van der Waals surface area contributed by atoms with Gasteiger partial charge in [-0.1, -0.05) is 29.4 Å². The predicted octanol–water partition coefficient (Wildman–Crippen LogP) is 3.79. The third kappa shape index (κ3) is 3.51. The van der Waals surface area contributed by atoms with E-state index in [1.165, 1.54) is 30.6 Å². The molecule has 2 aromatic rings.